The third-order valence-electron chi connectivity index (χ3n) is 3.12. The third-order valence-corrected chi connectivity index (χ3v) is 8.42. The minimum absolute atomic E-state index is 0.0332. The van der Waals surface area contributed by atoms with Crippen LogP contribution in [0, 0.1) is 0 Å². The summed E-state index contributed by atoms with van der Waals surface area (Å²) >= 11 is 1.49. The van der Waals surface area contributed by atoms with Crippen molar-refractivity contribution in [3.8, 4) is 0 Å². The van der Waals surface area contributed by atoms with E-state index in [0.29, 0.717) is 18.1 Å². The van der Waals surface area contributed by atoms with Gasteiger partial charge in [-0.2, -0.15) is 16.1 Å². The van der Waals surface area contributed by atoms with Crippen molar-refractivity contribution < 1.29 is 16.8 Å². The number of rotatable bonds is 7. The Morgan fingerprint density at radius 3 is 2.50 bits per heavy atom. The van der Waals surface area contributed by atoms with E-state index < -0.39 is 25.2 Å². The zero-order valence-corrected chi connectivity index (χ0v) is 14.7. The predicted molar refractivity (Wildman–Crippen MR) is 84.2 cm³/mol. The van der Waals surface area contributed by atoms with Gasteiger partial charge in [-0.1, -0.05) is 20.8 Å². The molecule has 20 heavy (non-hydrogen) atoms. The van der Waals surface area contributed by atoms with E-state index in [4.69, 9.17) is 0 Å². The van der Waals surface area contributed by atoms with Gasteiger partial charge in [-0.05, 0) is 0 Å². The van der Waals surface area contributed by atoms with Gasteiger partial charge in [0.05, 0.1) is 5.75 Å². The molecule has 0 saturated carbocycles. The van der Waals surface area contributed by atoms with Gasteiger partial charge in [0.25, 0.3) is 0 Å². The molecule has 1 rings (SSSR count). The van der Waals surface area contributed by atoms with Crippen LogP contribution in [0.3, 0.4) is 0 Å². The lowest BCUT2D eigenvalue weighted by Gasteiger charge is -2.33. The molecule has 0 spiro atoms. The molecule has 9 heteroatoms. The Hall–Kier alpha value is 0.170. The summed E-state index contributed by atoms with van der Waals surface area (Å²) in [5.41, 5.74) is 0. The molecule has 1 fully saturated rings. The number of nitrogens with zero attached hydrogens (tertiary/aromatic N) is 1. The summed E-state index contributed by atoms with van der Waals surface area (Å²) in [7, 11) is -6.93. The molecule has 0 radical (unpaired) electrons. The van der Waals surface area contributed by atoms with Crippen molar-refractivity contribution in [2.75, 3.05) is 36.1 Å². The van der Waals surface area contributed by atoms with Crippen molar-refractivity contribution in [3.05, 3.63) is 0 Å². The topological polar surface area (TPSA) is 83.6 Å². The fraction of sp³-hybridized carbons (Fsp3) is 1.00. The highest BCUT2D eigenvalue weighted by molar-refractivity contribution is 8.01. The molecule has 0 aromatic rings. The molecule has 1 N–H and O–H groups in total. The Bertz CT molecular complexity index is 502. The number of thioether (sulfide) groups is 1. The number of sulfonamides is 1. The molecule has 1 unspecified atom stereocenters. The average molecular weight is 345 g/mol. The summed E-state index contributed by atoms with van der Waals surface area (Å²) < 4.78 is 50.0. The smallest absolute Gasteiger partial charge is 0.216 e. The fourth-order valence-corrected chi connectivity index (χ4v) is 7.20. The predicted octanol–water partition coefficient (Wildman–Crippen LogP) is 0.124. The van der Waals surface area contributed by atoms with Crippen molar-refractivity contribution in [2.24, 2.45) is 0 Å². The molecule has 120 valence electrons. The maximum atomic E-state index is 12.4. The van der Waals surface area contributed by atoms with Gasteiger partial charge in [0.1, 0.15) is 5.37 Å². The SMILES string of the molecule is CCS(=O)(=O)C1CSCCN1S(=O)(=O)CCNC(C)C. The van der Waals surface area contributed by atoms with E-state index in [-0.39, 0.29) is 24.1 Å². The largest absolute Gasteiger partial charge is 0.313 e. The summed E-state index contributed by atoms with van der Waals surface area (Å²) in [6.45, 7) is 6.05. The average Bonchev–Trinajstić information content (AvgIpc) is 2.38. The number of nitrogens with one attached hydrogen (secondary N) is 1. The zero-order valence-electron chi connectivity index (χ0n) is 12.2. The van der Waals surface area contributed by atoms with E-state index in [2.05, 4.69) is 5.32 Å². The summed E-state index contributed by atoms with van der Waals surface area (Å²) in [5, 5.41) is 2.14. The molecule has 1 aliphatic heterocycles. The zero-order chi connectivity index (χ0) is 15.4. The molecule has 0 aliphatic carbocycles. The molecule has 1 atom stereocenters. The van der Waals surface area contributed by atoms with Crippen LogP contribution in [0.2, 0.25) is 0 Å². The van der Waals surface area contributed by atoms with Crippen LogP contribution in [0.4, 0.5) is 0 Å². The van der Waals surface area contributed by atoms with Crippen LogP contribution in [-0.2, 0) is 19.9 Å². The fourth-order valence-electron chi connectivity index (χ4n) is 1.95. The van der Waals surface area contributed by atoms with E-state index >= 15 is 0 Å². The van der Waals surface area contributed by atoms with Crippen LogP contribution in [0.5, 0.6) is 0 Å². The second kappa shape index (κ2) is 7.44. The summed E-state index contributed by atoms with van der Waals surface area (Å²) in [6.07, 6.45) is 0. The van der Waals surface area contributed by atoms with Gasteiger partial charge in [0.15, 0.2) is 9.84 Å². The quantitative estimate of drug-likeness (QED) is 0.706. The third kappa shape index (κ3) is 4.87. The first-order chi connectivity index (χ1) is 9.20. The first-order valence-electron chi connectivity index (χ1n) is 6.73. The highest BCUT2D eigenvalue weighted by atomic mass is 32.2. The van der Waals surface area contributed by atoms with Crippen LogP contribution in [0.15, 0.2) is 0 Å². The molecule has 1 heterocycles. The molecular formula is C11H24N2O4S3. The maximum Gasteiger partial charge on any atom is 0.216 e. The molecule has 0 bridgehead atoms. The number of sulfone groups is 1. The van der Waals surface area contributed by atoms with Crippen molar-refractivity contribution in [3.63, 3.8) is 0 Å². The number of hydrogen-bond acceptors (Lipinski definition) is 6. The van der Waals surface area contributed by atoms with Gasteiger partial charge in [-0.3, -0.25) is 0 Å². The van der Waals surface area contributed by atoms with E-state index in [1.165, 1.54) is 16.1 Å². The maximum absolute atomic E-state index is 12.4. The Morgan fingerprint density at radius 1 is 1.30 bits per heavy atom. The van der Waals surface area contributed by atoms with Crippen molar-refractivity contribution in [2.45, 2.75) is 32.2 Å². The van der Waals surface area contributed by atoms with Gasteiger partial charge in [0.2, 0.25) is 10.0 Å². The second-order valence-corrected chi connectivity index (χ2v) is 10.7. The summed E-state index contributed by atoms with van der Waals surface area (Å²) in [4.78, 5) is 0. The normalized spacial score (nSPS) is 22.3. The molecule has 1 saturated heterocycles. The van der Waals surface area contributed by atoms with Crippen LogP contribution in [0.25, 0.3) is 0 Å². The molecule has 6 nitrogen and oxygen atoms in total. The first kappa shape index (κ1) is 18.2. The minimum atomic E-state index is -3.54. The van der Waals surface area contributed by atoms with E-state index in [1.807, 2.05) is 13.8 Å². The minimum Gasteiger partial charge on any atom is -0.313 e. The summed E-state index contributed by atoms with van der Waals surface area (Å²) in [6, 6.07) is 0.206. The van der Waals surface area contributed by atoms with E-state index in [0.717, 1.165) is 0 Å². The van der Waals surface area contributed by atoms with Crippen molar-refractivity contribution in [1.29, 1.82) is 0 Å². The molecule has 0 aromatic heterocycles. The van der Waals surface area contributed by atoms with Crippen LogP contribution in [0.1, 0.15) is 20.8 Å². The molecule has 0 amide bonds. The highest BCUT2D eigenvalue weighted by Gasteiger charge is 2.39. The highest BCUT2D eigenvalue weighted by Crippen LogP contribution is 2.24. The summed E-state index contributed by atoms with van der Waals surface area (Å²) in [5.74, 6) is 0.875. The van der Waals surface area contributed by atoms with E-state index in [1.54, 1.807) is 6.92 Å². The van der Waals surface area contributed by atoms with Gasteiger partial charge in [-0.25, -0.2) is 16.8 Å². The van der Waals surface area contributed by atoms with Crippen molar-refractivity contribution in [1.82, 2.24) is 9.62 Å². The lowest BCUT2D eigenvalue weighted by Crippen LogP contribution is -2.52. The van der Waals surface area contributed by atoms with Crippen LogP contribution < -0.4 is 5.32 Å². The van der Waals surface area contributed by atoms with Gasteiger partial charge < -0.3 is 5.32 Å². The van der Waals surface area contributed by atoms with Crippen molar-refractivity contribution >= 4 is 31.6 Å². The first-order valence-corrected chi connectivity index (χ1v) is 11.2. The lowest BCUT2D eigenvalue weighted by atomic mass is 10.4. The lowest BCUT2D eigenvalue weighted by molar-refractivity contribution is 0.402. The van der Waals surface area contributed by atoms with Gasteiger partial charge >= 0.3 is 0 Å². The van der Waals surface area contributed by atoms with Crippen LogP contribution >= 0.6 is 11.8 Å². The molecule has 1 aliphatic rings. The van der Waals surface area contributed by atoms with Gasteiger partial charge in [-0.15, -0.1) is 0 Å². The van der Waals surface area contributed by atoms with Gasteiger partial charge in [0, 0.05) is 36.4 Å². The molecular weight excluding hydrogens is 320 g/mol. The molecule has 0 aromatic carbocycles. The second-order valence-electron chi connectivity index (χ2n) is 5.02. The standard InChI is InChI=1S/C11H24N2O4S3/c1-4-19(14,15)11-9-18-7-6-13(11)20(16,17)8-5-12-10(2)3/h10-12H,4-9H2,1-3H3. The monoisotopic (exact) mass is 344 g/mol. The Kier molecular flexibility index (Phi) is 6.78. The Balaban J connectivity index is 2.84. The van der Waals surface area contributed by atoms with E-state index in [9.17, 15) is 16.8 Å². The Morgan fingerprint density at radius 2 is 1.95 bits per heavy atom. The number of hydrogen-bond donors (Lipinski definition) is 1. The van der Waals surface area contributed by atoms with Crippen LogP contribution in [-0.4, -0.2) is 68.7 Å². The Labute approximate surface area is 126 Å².